The van der Waals surface area contributed by atoms with E-state index in [9.17, 15) is 9.59 Å². The number of rotatable bonds is 6. The van der Waals surface area contributed by atoms with Crippen LogP contribution in [0.2, 0.25) is 5.02 Å². The average Bonchev–Trinajstić information content (AvgIpc) is 2.67. The predicted octanol–water partition coefficient (Wildman–Crippen LogP) is 4.21. The summed E-state index contributed by atoms with van der Waals surface area (Å²) in [6.45, 7) is 5.56. The van der Waals surface area contributed by atoms with Gasteiger partial charge in [0, 0.05) is 23.1 Å². The average molecular weight is 427 g/mol. The molecule has 2 aromatic carbocycles. The highest BCUT2D eigenvalue weighted by molar-refractivity contribution is 6.32. The van der Waals surface area contributed by atoms with E-state index in [1.54, 1.807) is 25.1 Å². The van der Waals surface area contributed by atoms with E-state index in [0.29, 0.717) is 28.1 Å². The summed E-state index contributed by atoms with van der Waals surface area (Å²) in [5, 5.41) is 6.26. The van der Waals surface area contributed by atoms with Gasteiger partial charge >= 0.3 is 0 Å². The molecule has 0 aliphatic carbocycles. The van der Waals surface area contributed by atoms with Crippen LogP contribution in [-0.2, 0) is 11.3 Å². The largest absolute Gasteiger partial charge is 0.495 e. The van der Waals surface area contributed by atoms with Crippen molar-refractivity contribution in [1.29, 1.82) is 0 Å². The van der Waals surface area contributed by atoms with Gasteiger partial charge in [-0.15, -0.1) is 0 Å². The second-order valence-corrected chi connectivity index (χ2v) is 7.37. The molecule has 0 saturated carbocycles. The Morgan fingerprint density at radius 1 is 1.07 bits per heavy atom. The van der Waals surface area contributed by atoms with E-state index in [1.807, 2.05) is 32.0 Å². The number of methoxy groups -OCH3 is 1. The van der Waals surface area contributed by atoms with Crippen molar-refractivity contribution < 1.29 is 9.53 Å². The number of anilines is 3. The van der Waals surface area contributed by atoms with Gasteiger partial charge < -0.3 is 15.4 Å². The third-order valence-electron chi connectivity index (χ3n) is 4.64. The molecule has 1 aromatic heterocycles. The lowest BCUT2D eigenvalue weighted by molar-refractivity contribution is -0.116. The van der Waals surface area contributed by atoms with E-state index in [4.69, 9.17) is 16.3 Å². The van der Waals surface area contributed by atoms with Crippen molar-refractivity contribution >= 4 is 34.8 Å². The smallest absolute Gasteiger partial charge is 0.255 e. The molecule has 8 heteroatoms. The van der Waals surface area contributed by atoms with E-state index in [-0.39, 0.29) is 18.0 Å². The quantitative estimate of drug-likeness (QED) is 0.616. The fourth-order valence-corrected chi connectivity index (χ4v) is 3.16. The lowest BCUT2D eigenvalue weighted by atomic mass is 10.1. The SMILES string of the molecule is COc1ccc(NC(=O)Cn2c(Nc3ccc(C)c(C)c3)nc(C)cc2=O)cc1Cl. The van der Waals surface area contributed by atoms with Crippen LogP contribution in [0.4, 0.5) is 17.3 Å². The van der Waals surface area contributed by atoms with Gasteiger partial charge in [-0.3, -0.25) is 14.2 Å². The Morgan fingerprint density at radius 2 is 1.80 bits per heavy atom. The number of nitrogens with zero attached hydrogens (tertiary/aromatic N) is 2. The topological polar surface area (TPSA) is 85.2 Å². The predicted molar refractivity (Wildman–Crippen MR) is 119 cm³/mol. The van der Waals surface area contributed by atoms with Crippen LogP contribution in [-0.4, -0.2) is 22.6 Å². The second kappa shape index (κ2) is 9.00. The maximum atomic E-state index is 12.6. The number of amides is 1. The number of hydrogen-bond acceptors (Lipinski definition) is 5. The summed E-state index contributed by atoms with van der Waals surface area (Å²) in [6.07, 6.45) is 0. The Morgan fingerprint density at radius 3 is 2.47 bits per heavy atom. The zero-order valence-electron chi connectivity index (χ0n) is 17.2. The van der Waals surface area contributed by atoms with Crippen LogP contribution in [0.15, 0.2) is 47.3 Å². The van der Waals surface area contributed by atoms with Crippen LogP contribution in [0.3, 0.4) is 0 Å². The minimum atomic E-state index is -0.382. The number of hydrogen-bond donors (Lipinski definition) is 2. The molecule has 0 fully saturated rings. The monoisotopic (exact) mass is 426 g/mol. The van der Waals surface area contributed by atoms with Gasteiger partial charge in [0.15, 0.2) is 0 Å². The maximum absolute atomic E-state index is 12.6. The number of carbonyl (C=O) groups is 1. The number of benzene rings is 2. The zero-order valence-corrected chi connectivity index (χ0v) is 18.0. The third kappa shape index (κ3) is 4.99. The normalized spacial score (nSPS) is 10.6. The molecule has 0 bridgehead atoms. The number of aromatic nitrogens is 2. The molecule has 0 spiro atoms. The summed E-state index contributed by atoms with van der Waals surface area (Å²) in [6, 6.07) is 12.2. The van der Waals surface area contributed by atoms with Crippen LogP contribution in [0.5, 0.6) is 5.75 Å². The standard InChI is InChI=1S/C22H23ClN4O3/c1-13-5-6-16(9-14(13)2)26-22-24-15(3)10-21(29)27(22)12-20(28)25-17-7-8-19(30-4)18(23)11-17/h5-11H,12H2,1-4H3,(H,24,26)(H,25,28). The van der Waals surface area contributed by atoms with Crippen molar-refractivity contribution in [3.8, 4) is 5.75 Å². The fraction of sp³-hybridized carbons (Fsp3) is 0.227. The highest BCUT2D eigenvalue weighted by Gasteiger charge is 2.13. The van der Waals surface area contributed by atoms with Crippen LogP contribution in [0, 0.1) is 20.8 Å². The molecular weight excluding hydrogens is 404 g/mol. The van der Waals surface area contributed by atoms with E-state index in [0.717, 1.165) is 16.8 Å². The molecule has 156 valence electrons. The highest BCUT2D eigenvalue weighted by Crippen LogP contribution is 2.27. The summed E-state index contributed by atoms with van der Waals surface area (Å²) >= 11 is 6.10. The number of halogens is 1. The Hall–Kier alpha value is -3.32. The third-order valence-corrected chi connectivity index (χ3v) is 4.93. The Labute approximate surface area is 179 Å². The summed E-state index contributed by atoms with van der Waals surface area (Å²) in [7, 11) is 1.51. The Kier molecular flexibility index (Phi) is 6.42. The second-order valence-electron chi connectivity index (χ2n) is 6.97. The van der Waals surface area contributed by atoms with Crippen molar-refractivity contribution in [2.24, 2.45) is 0 Å². The molecule has 0 unspecified atom stereocenters. The molecule has 0 aliphatic heterocycles. The maximum Gasteiger partial charge on any atom is 0.255 e. The van der Waals surface area contributed by atoms with Gasteiger partial charge in [-0.1, -0.05) is 17.7 Å². The first-order chi connectivity index (χ1) is 14.3. The lowest BCUT2D eigenvalue weighted by Gasteiger charge is -2.15. The highest BCUT2D eigenvalue weighted by atomic mass is 35.5. The molecule has 2 N–H and O–H groups in total. The molecular formula is C22H23ClN4O3. The fourth-order valence-electron chi connectivity index (χ4n) is 2.91. The van der Waals surface area contributed by atoms with Crippen molar-refractivity contribution in [2.75, 3.05) is 17.7 Å². The molecule has 3 rings (SSSR count). The van der Waals surface area contributed by atoms with Gasteiger partial charge in [0.2, 0.25) is 11.9 Å². The molecule has 30 heavy (non-hydrogen) atoms. The zero-order chi connectivity index (χ0) is 21.8. The van der Waals surface area contributed by atoms with Gasteiger partial charge in [0.1, 0.15) is 12.3 Å². The molecule has 3 aromatic rings. The number of aryl methyl sites for hydroxylation is 3. The van der Waals surface area contributed by atoms with Crippen molar-refractivity contribution in [1.82, 2.24) is 9.55 Å². The molecule has 0 radical (unpaired) electrons. The summed E-state index contributed by atoms with van der Waals surface area (Å²) < 4.78 is 6.40. The van der Waals surface area contributed by atoms with E-state index >= 15 is 0 Å². The van der Waals surface area contributed by atoms with Crippen LogP contribution < -0.4 is 20.9 Å². The minimum absolute atomic E-state index is 0.205. The van der Waals surface area contributed by atoms with Crippen LogP contribution in [0.25, 0.3) is 0 Å². The van der Waals surface area contributed by atoms with Crippen molar-refractivity contribution in [3.63, 3.8) is 0 Å². The van der Waals surface area contributed by atoms with Gasteiger partial charge in [-0.25, -0.2) is 4.98 Å². The van der Waals surface area contributed by atoms with E-state index in [1.165, 1.54) is 17.7 Å². The minimum Gasteiger partial charge on any atom is -0.495 e. The van der Waals surface area contributed by atoms with Gasteiger partial charge in [0.25, 0.3) is 5.56 Å². The molecule has 1 heterocycles. The van der Waals surface area contributed by atoms with Crippen molar-refractivity contribution in [3.05, 3.63) is 74.7 Å². The molecule has 7 nitrogen and oxygen atoms in total. The van der Waals surface area contributed by atoms with Crippen LogP contribution >= 0.6 is 11.6 Å². The Balaban J connectivity index is 1.84. The summed E-state index contributed by atoms with van der Waals surface area (Å²) in [5.74, 6) is 0.423. The Bertz CT molecular complexity index is 1160. The van der Waals surface area contributed by atoms with Gasteiger partial charge in [-0.2, -0.15) is 0 Å². The molecule has 0 aliphatic rings. The first-order valence-corrected chi connectivity index (χ1v) is 9.71. The lowest BCUT2D eigenvalue weighted by Crippen LogP contribution is -2.30. The molecule has 0 saturated heterocycles. The van der Waals surface area contributed by atoms with Gasteiger partial charge in [-0.05, 0) is 62.2 Å². The molecule has 1 amide bonds. The number of ether oxygens (including phenoxy) is 1. The van der Waals surface area contributed by atoms with E-state index < -0.39 is 0 Å². The van der Waals surface area contributed by atoms with Crippen LogP contribution in [0.1, 0.15) is 16.8 Å². The summed E-state index contributed by atoms with van der Waals surface area (Å²) in [5.41, 5.74) is 3.79. The number of carbonyl (C=O) groups excluding carboxylic acids is 1. The summed E-state index contributed by atoms with van der Waals surface area (Å²) in [4.78, 5) is 29.6. The van der Waals surface area contributed by atoms with Crippen molar-refractivity contribution in [2.45, 2.75) is 27.3 Å². The first kappa shape index (κ1) is 21.4. The first-order valence-electron chi connectivity index (χ1n) is 9.33. The number of nitrogens with one attached hydrogen (secondary N) is 2. The van der Waals surface area contributed by atoms with Gasteiger partial charge in [0.05, 0.1) is 12.1 Å². The molecule has 0 atom stereocenters. The van der Waals surface area contributed by atoms with E-state index in [2.05, 4.69) is 15.6 Å².